The molecule has 0 aliphatic carbocycles. The zero-order valence-corrected chi connectivity index (χ0v) is 17.2. The molecule has 2 heterocycles. The van der Waals surface area contributed by atoms with Crippen molar-refractivity contribution < 1.29 is 4.74 Å². The molecule has 1 unspecified atom stereocenters. The Balaban J connectivity index is 1.58. The standard InChI is InChI=1S/C20H27ClN4OS/c1-22-20(23-8-7-18-6-3-13-27-18)24-15-19(25-9-11-26-12-10-25)16-4-2-5-17(21)14-16/h2-6,13-14,19H,7-12,15H2,1H3,(H2,22,23,24). The number of nitrogens with one attached hydrogen (secondary N) is 2. The molecule has 0 saturated carbocycles. The molecule has 0 bridgehead atoms. The van der Waals surface area contributed by atoms with Gasteiger partial charge in [0.1, 0.15) is 0 Å². The maximum absolute atomic E-state index is 6.24. The topological polar surface area (TPSA) is 48.9 Å². The lowest BCUT2D eigenvalue weighted by atomic mass is 10.0. The van der Waals surface area contributed by atoms with Crippen LogP contribution in [0.15, 0.2) is 46.8 Å². The summed E-state index contributed by atoms with van der Waals surface area (Å²) in [5.74, 6) is 0.826. The first-order chi connectivity index (χ1) is 13.3. The average Bonchev–Trinajstić information content (AvgIpc) is 3.21. The second-order valence-electron chi connectivity index (χ2n) is 6.43. The summed E-state index contributed by atoms with van der Waals surface area (Å²) < 4.78 is 5.52. The Morgan fingerprint density at radius 3 is 2.81 bits per heavy atom. The van der Waals surface area contributed by atoms with Crippen molar-refractivity contribution in [1.29, 1.82) is 0 Å². The van der Waals surface area contributed by atoms with Gasteiger partial charge in [-0.15, -0.1) is 11.3 Å². The molecule has 7 heteroatoms. The Kier molecular flexibility index (Phi) is 7.95. The molecule has 146 valence electrons. The number of hydrogen-bond acceptors (Lipinski definition) is 4. The van der Waals surface area contributed by atoms with Gasteiger partial charge in [0, 0.05) is 43.1 Å². The van der Waals surface area contributed by atoms with Crippen LogP contribution < -0.4 is 10.6 Å². The van der Waals surface area contributed by atoms with Crippen LogP contribution in [0.3, 0.4) is 0 Å². The molecule has 1 aromatic carbocycles. The number of rotatable bonds is 7. The van der Waals surface area contributed by atoms with Gasteiger partial charge in [0.15, 0.2) is 5.96 Å². The minimum Gasteiger partial charge on any atom is -0.379 e. The molecule has 1 atom stereocenters. The predicted octanol–water partition coefficient (Wildman–Crippen LogP) is 3.18. The summed E-state index contributed by atoms with van der Waals surface area (Å²) in [6.45, 7) is 5.00. The molecule has 1 aromatic heterocycles. The van der Waals surface area contributed by atoms with Crippen molar-refractivity contribution >= 4 is 28.9 Å². The van der Waals surface area contributed by atoms with Crippen LogP contribution in [0.2, 0.25) is 5.02 Å². The molecule has 5 nitrogen and oxygen atoms in total. The summed E-state index contributed by atoms with van der Waals surface area (Å²) in [6, 6.07) is 12.6. The molecule has 1 fully saturated rings. The van der Waals surface area contributed by atoms with Crippen LogP contribution in [-0.4, -0.2) is 57.3 Å². The van der Waals surface area contributed by atoms with Gasteiger partial charge in [-0.3, -0.25) is 9.89 Å². The van der Waals surface area contributed by atoms with E-state index in [1.807, 2.05) is 19.2 Å². The van der Waals surface area contributed by atoms with Gasteiger partial charge >= 0.3 is 0 Å². The van der Waals surface area contributed by atoms with Gasteiger partial charge in [-0.2, -0.15) is 0 Å². The largest absolute Gasteiger partial charge is 0.379 e. The Morgan fingerprint density at radius 1 is 1.26 bits per heavy atom. The van der Waals surface area contributed by atoms with Gasteiger partial charge in [-0.05, 0) is 35.6 Å². The Labute approximate surface area is 170 Å². The van der Waals surface area contributed by atoms with Gasteiger partial charge in [0.05, 0.1) is 19.3 Å². The van der Waals surface area contributed by atoms with Gasteiger partial charge in [-0.25, -0.2) is 0 Å². The van der Waals surface area contributed by atoms with Crippen molar-refractivity contribution in [2.75, 3.05) is 46.4 Å². The second kappa shape index (κ2) is 10.7. The number of nitrogens with zero attached hydrogens (tertiary/aromatic N) is 2. The lowest BCUT2D eigenvalue weighted by Crippen LogP contribution is -2.46. The van der Waals surface area contributed by atoms with Crippen molar-refractivity contribution in [1.82, 2.24) is 15.5 Å². The number of hydrogen-bond donors (Lipinski definition) is 2. The van der Waals surface area contributed by atoms with E-state index in [9.17, 15) is 0 Å². The minimum atomic E-state index is 0.225. The molecule has 2 N–H and O–H groups in total. The SMILES string of the molecule is CN=C(NCCc1cccs1)NCC(c1cccc(Cl)c1)N1CCOCC1. The molecule has 27 heavy (non-hydrogen) atoms. The molecule has 0 radical (unpaired) electrons. The smallest absolute Gasteiger partial charge is 0.191 e. The molecule has 1 aliphatic heterocycles. The van der Waals surface area contributed by atoms with Crippen LogP contribution in [0.25, 0.3) is 0 Å². The van der Waals surface area contributed by atoms with Crippen LogP contribution in [0, 0.1) is 0 Å². The third-order valence-electron chi connectivity index (χ3n) is 4.65. The summed E-state index contributed by atoms with van der Waals surface area (Å²) in [5.41, 5.74) is 1.21. The summed E-state index contributed by atoms with van der Waals surface area (Å²) in [5, 5.41) is 9.77. The first-order valence-corrected chi connectivity index (χ1v) is 10.6. The quantitative estimate of drug-likeness (QED) is 0.547. The van der Waals surface area contributed by atoms with Crippen molar-refractivity contribution in [3.05, 3.63) is 57.2 Å². The highest BCUT2D eigenvalue weighted by atomic mass is 35.5. The Hall–Kier alpha value is -1.60. The van der Waals surface area contributed by atoms with Crippen LogP contribution in [0.1, 0.15) is 16.5 Å². The first-order valence-electron chi connectivity index (χ1n) is 9.30. The molecular weight excluding hydrogens is 380 g/mol. The van der Waals surface area contributed by atoms with Gasteiger partial charge in [0.2, 0.25) is 0 Å². The van der Waals surface area contributed by atoms with Gasteiger partial charge in [-0.1, -0.05) is 29.8 Å². The van der Waals surface area contributed by atoms with Crippen LogP contribution in [-0.2, 0) is 11.2 Å². The Bertz CT molecular complexity index is 717. The number of guanidine groups is 1. The van der Waals surface area contributed by atoms with E-state index in [-0.39, 0.29) is 6.04 Å². The zero-order chi connectivity index (χ0) is 18.9. The second-order valence-corrected chi connectivity index (χ2v) is 7.90. The number of thiophene rings is 1. The first kappa shape index (κ1) is 20.1. The predicted molar refractivity (Wildman–Crippen MR) is 114 cm³/mol. The van der Waals surface area contributed by atoms with Gasteiger partial charge < -0.3 is 15.4 Å². The zero-order valence-electron chi connectivity index (χ0n) is 15.7. The molecule has 1 aliphatic rings. The van der Waals surface area contributed by atoms with E-state index in [1.54, 1.807) is 11.3 Å². The number of aliphatic imine (C=N–C) groups is 1. The Morgan fingerprint density at radius 2 is 2.11 bits per heavy atom. The summed E-state index contributed by atoms with van der Waals surface area (Å²) in [4.78, 5) is 8.19. The number of ether oxygens (including phenoxy) is 1. The molecule has 0 amide bonds. The fourth-order valence-corrected chi connectivity index (χ4v) is 4.14. The monoisotopic (exact) mass is 406 g/mol. The minimum absolute atomic E-state index is 0.225. The van der Waals surface area contributed by atoms with E-state index in [4.69, 9.17) is 16.3 Å². The molecule has 0 spiro atoms. The van der Waals surface area contributed by atoms with Crippen molar-refractivity contribution in [3.8, 4) is 0 Å². The summed E-state index contributed by atoms with van der Waals surface area (Å²) in [7, 11) is 1.81. The van der Waals surface area contributed by atoms with E-state index in [0.29, 0.717) is 0 Å². The van der Waals surface area contributed by atoms with Gasteiger partial charge in [0.25, 0.3) is 0 Å². The number of morpholine rings is 1. The van der Waals surface area contributed by atoms with Crippen LogP contribution in [0.4, 0.5) is 0 Å². The van der Waals surface area contributed by atoms with E-state index in [0.717, 1.165) is 56.8 Å². The fourth-order valence-electron chi connectivity index (χ4n) is 3.23. The van der Waals surface area contributed by atoms with Crippen molar-refractivity contribution in [3.63, 3.8) is 0 Å². The molecule has 1 saturated heterocycles. The fraction of sp³-hybridized carbons (Fsp3) is 0.450. The normalized spacial score (nSPS) is 16.9. The highest BCUT2D eigenvalue weighted by molar-refractivity contribution is 7.09. The molecule has 2 aromatic rings. The highest BCUT2D eigenvalue weighted by Crippen LogP contribution is 2.23. The van der Waals surface area contributed by atoms with E-state index in [1.165, 1.54) is 10.4 Å². The van der Waals surface area contributed by atoms with Crippen molar-refractivity contribution in [2.45, 2.75) is 12.5 Å². The third kappa shape index (κ3) is 6.21. The highest BCUT2D eigenvalue weighted by Gasteiger charge is 2.23. The van der Waals surface area contributed by atoms with E-state index >= 15 is 0 Å². The average molecular weight is 407 g/mol. The number of benzene rings is 1. The van der Waals surface area contributed by atoms with Crippen LogP contribution >= 0.6 is 22.9 Å². The molecular formula is C20H27ClN4OS. The lowest BCUT2D eigenvalue weighted by molar-refractivity contribution is 0.0170. The maximum Gasteiger partial charge on any atom is 0.191 e. The maximum atomic E-state index is 6.24. The third-order valence-corrected chi connectivity index (χ3v) is 5.82. The summed E-state index contributed by atoms with van der Waals surface area (Å²) >= 11 is 8.02. The van der Waals surface area contributed by atoms with Crippen molar-refractivity contribution in [2.24, 2.45) is 4.99 Å². The van der Waals surface area contributed by atoms with E-state index in [2.05, 4.69) is 50.2 Å². The molecule has 3 rings (SSSR count). The van der Waals surface area contributed by atoms with E-state index < -0.39 is 0 Å². The van der Waals surface area contributed by atoms with Crippen LogP contribution in [0.5, 0.6) is 0 Å². The summed E-state index contributed by atoms with van der Waals surface area (Å²) in [6.07, 6.45) is 1.000. The lowest BCUT2D eigenvalue weighted by Gasteiger charge is -2.35. The number of halogens is 1.